The zero-order valence-corrected chi connectivity index (χ0v) is 13.1. The standard InChI is InChI=1S/C12H12BrNO3S2/c13-10-5-11(18-8-10)6-14-19(16,17)12-3-1-9(7-15)2-4-12/h1-5,8,14-15H,6-7H2. The van der Waals surface area contributed by atoms with Crippen molar-refractivity contribution in [3.8, 4) is 0 Å². The molecular weight excluding hydrogens is 350 g/mol. The minimum atomic E-state index is -3.51. The van der Waals surface area contributed by atoms with Gasteiger partial charge in [-0.3, -0.25) is 0 Å². The monoisotopic (exact) mass is 361 g/mol. The molecule has 0 atom stereocenters. The van der Waals surface area contributed by atoms with Gasteiger partial charge in [0.2, 0.25) is 10.0 Å². The summed E-state index contributed by atoms with van der Waals surface area (Å²) in [5.74, 6) is 0. The van der Waals surface area contributed by atoms with Crippen molar-refractivity contribution in [3.05, 3.63) is 50.6 Å². The van der Waals surface area contributed by atoms with Gasteiger partial charge >= 0.3 is 0 Å². The second kappa shape index (κ2) is 6.15. The molecule has 19 heavy (non-hydrogen) atoms. The van der Waals surface area contributed by atoms with Crippen molar-refractivity contribution in [2.45, 2.75) is 18.0 Å². The Bertz CT molecular complexity index is 650. The highest BCUT2D eigenvalue weighted by Gasteiger charge is 2.13. The van der Waals surface area contributed by atoms with Gasteiger partial charge in [-0.2, -0.15) is 0 Å². The van der Waals surface area contributed by atoms with E-state index in [4.69, 9.17) is 5.11 Å². The summed E-state index contributed by atoms with van der Waals surface area (Å²) in [6.45, 7) is 0.164. The zero-order valence-electron chi connectivity index (χ0n) is 9.84. The molecule has 1 aromatic heterocycles. The van der Waals surface area contributed by atoms with Crippen LogP contribution in [0.3, 0.4) is 0 Å². The minimum Gasteiger partial charge on any atom is -0.392 e. The summed E-state index contributed by atoms with van der Waals surface area (Å²) in [5.41, 5.74) is 0.682. The van der Waals surface area contributed by atoms with Crippen LogP contribution in [0, 0.1) is 0 Å². The van der Waals surface area contributed by atoms with Gasteiger partial charge in [0.05, 0.1) is 11.5 Å². The quantitative estimate of drug-likeness (QED) is 0.859. The van der Waals surface area contributed by atoms with Crippen LogP contribution in [0.4, 0.5) is 0 Å². The lowest BCUT2D eigenvalue weighted by molar-refractivity contribution is 0.282. The van der Waals surface area contributed by atoms with Crippen molar-refractivity contribution in [2.24, 2.45) is 0 Å². The highest BCUT2D eigenvalue weighted by Crippen LogP contribution is 2.20. The van der Waals surface area contributed by atoms with Crippen molar-refractivity contribution in [1.82, 2.24) is 4.72 Å². The summed E-state index contributed by atoms with van der Waals surface area (Å²) in [5, 5.41) is 10.8. The SMILES string of the molecule is O=S(=O)(NCc1cc(Br)cs1)c1ccc(CO)cc1. The summed E-state index contributed by atoms with van der Waals surface area (Å²) in [6.07, 6.45) is 0. The van der Waals surface area contributed by atoms with Gasteiger partial charge in [-0.1, -0.05) is 12.1 Å². The van der Waals surface area contributed by atoms with Gasteiger partial charge in [0.25, 0.3) is 0 Å². The number of benzene rings is 1. The van der Waals surface area contributed by atoms with E-state index >= 15 is 0 Å². The third-order valence-corrected chi connectivity index (χ3v) is 5.59. The van der Waals surface area contributed by atoms with E-state index in [1.54, 1.807) is 12.1 Å². The first kappa shape index (κ1) is 14.7. The van der Waals surface area contributed by atoms with Crippen LogP contribution in [0.5, 0.6) is 0 Å². The van der Waals surface area contributed by atoms with Gasteiger partial charge in [-0.25, -0.2) is 13.1 Å². The van der Waals surface area contributed by atoms with Crippen LogP contribution >= 0.6 is 27.3 Å². The molecule has 0 saturated heterocycles. The highest BCUT2D eigenvalue weighted by molar-refractivity contribution is 9.10. The Balaban J connectivity index is 2.09. The van der Waals surface area contributed by atoms with E-state index in [0.29, 0.717) is 5.56 Å². The molecule has 0 radical (unpaired) electrons. The first-order chi connectivity index (χ1) is 9.01. The largest absolute Gasteiger partial charge is 0.392 e. The number of nitrogens with one attached hydrogen (secondary N) is 1. The number of rotatable bonds is 5. The highest BCUT2D eigenvalue weighted by atomic mass is 79.9. The molecule has 2 aromatic rings. The molecule has 0 spiro atoms. The number of halogens is 1. The van der Waals surface area contributed by atoms with E-state index < -0.39 is 10.0 Å². The molecule has 102 valence electrons. The van der Waals surface area contributed by atoms with Crippen molar-refractivity contribution in [3.63, 3.8) is 0 Å². The van der Waals surface area contributed by atoms with Crippen LogP contribution in [0.2, 0.25) is 0 Å². The maximum Gasteiger partial charge on any atom is 0.240 e. The average Bonchev–Trinajstić information content (AvgIpc) is 2.82. The molecule has 2 rings (SSSR count). The van der Waals surface area contributed by atoms with Crippen molar-refractivity contribution in [2.75, 3.05) is 0 Å². The molecule has 1 heterocycles. The van der Waals surface area contributed by atoms with Gasteiger partial charge in [0.15, 0.2) is 0 Å². The Kier molecular flexibility index (Phi) is 4.75. The third kappa shape index (κ3) is 3.87. The van der Waals surface area contributed by atoms with Crippen LogP contribution in [0.25, 0.3) is 0 Å². The second-order valence-electron chi connectivity index (χ2n) is 3.86. The number of thiophene rings is 1. The molecule has 2 N–H and O–H groups in total. The van der Waals surface area contributed by atoms with E-state index in [-0.39, 0.29) is 18.0 Å². The summed E-state index contributed by atoms with van der Waals surface area (Å²) in [7, 11) is -3.51. The topological polar surface area (TPSA) is 66.4 Å². The molecule has 0 saturated carbocycles. The van der Waals surface area contributed by atoms with Crippen LogP contribution < -0.4 is 4.72 Å². The first-order valence-corrected chi connectivity index (χ1v) is 8.59. The molecule has 0 amide bonds. The normalized spacial score (nSPS) is 11.7. The Labute approximate surface area is 124 Å². The van der Waals surface area contributed by atoms with Crippen LogP contribution in [-0.2, 0) is 23.2 Å². The summed E-state index contributed by atoms with van der Waals surface area (Å²) >= 11 is 4.81. The second-order valence-corrected chi connectivity index (χ2v) is 7.54. The Morgan fingerprint density at radius 2 is 1.95 bits per heavy atom. The Hall–Kier alpha value is -0.730. The molecule has 0 bridgehead atoms. The molecule has 0 unspecified atom stereocenters. The predicted molar refractivity (Wildman–Crippen MR) is 78.4 cm³/mol. The van der Waals surface area contributed by atoms with Gasteiger partial charge in [-0.05, 0) is 39.7 Å². The fraction of sp³-hybridized carbons (Fsp3) is 0.167. The number of hydrogen-bond acceptors (Lipinski definition) is 4. The summed E-state index contributed by atoms with van der Waals surface area (Å²) in [4.78, 5) is 1.13. The predicted octanol–water partition coefficient (Wildman–Crippen LogP) is 2.48. The number of aliphatic hydroxyl groups is 1. The maximum atomic E-state index is 12.0. The molecule has 0 aliphatic carbocycles. The number of aliphatic hydroxyl groups excluding tert-OH is 1. The van der Waals surface area contributed by atoms with E-state index in [1.165, 1.54) is 23.5 Å². The first-order valence-electron chi connectivity index (χ1n) is 5.43. The molecule has 0 aliphatic rings. The lowest BCUT2D eigenvalue weighted by Gasteiger charge is -2.06. The zero-order chi connectivity index (χ0) is 13.9. The lowest BCUT2D eigenvalue weighted by atomic mass is 10.2. The lowest BCUT2D eigenvalue weighted by Crippen LogP contribution is -2.22. The van der Waals surface area contributed by atoms with E-state index in [9.17, 15) is 8.42 Å². The van der Waals surface area contributed by atoms with Gasteiger partial charge in [0, 0.05) is 21.3 Å². The Morgan fingerprint density at radius 1 is 1.26 bits per heavy atom. The van der Waals surface area contributed by atoms with Crippen molar-refractivity contribution < 1.29 is 13.5 Å². The van der Waals surface area contributed by atoms with Gasteiger partial charge in [0.1, 0.15) is 0 Å². The molecule has 7 heteroatoms. The fourth-order valence-corrected chi connectivity index (χ4v) is 3.96. The molecule has 0 fully saturated rings. The van der Waals surface area contributed by atoms with Crippen molar-refractivity contribution in [1.29, 1.82) is 0 Å². The van der Waals surface area contributed by atoms with Crippen LogP contribution in [0.15, 0.2) is 45.1 Å². The number of sulfonamides is 1. The van der Waals surface area contributed by atoms with E-state index in [2.05, 4.69) is 20.7 Å². The molecule has 1 aromatic carbocycles. The van der Waals surface area contributed by atoms with E-state index in [1.807, 2.05) is 11.4 Å². The molecule has 0 aliphatic heterocycles. The maximum absolute atomic E-state index is 12.0. The van der Waals surface area contributed by atoms with E-state index in [0.717, 1.165) is 9.35 Å². The molecule has 4 nitrogen and oxygen atoms in total. The van der Waals surface area contributed by atoms with Crippen LogP contribution in [0.1, 0.15) is 10.4 Å². The van der Waals surface area contributed by atoms with Crippen molar-refractivity contribution >= 4 is 37.3 Å². The Morgan fingerprint density at radius 3 is 2.47 bits per heavy atom. The van der Waals surface area contributed by atoms with Gasteiger partial charge < -0.3 is 5.11 Å². The smallest absolute Gasteiger partial charge is 0.240 e. The third-order valence-electron chi connectivity index (χ3n) is 2.47. The minimum absolute atomic E-state index is 0.100. The number of hydrogen-bond donors (Lipinski definition) is 2. The fourth-order valence-electron chi connectivity index (χ4n) is 1.47. The average molecular weight is 362 g/mol. The van der Waals surface area contributed by atoms with Crippen LogP contribution in [-0.4, -0.2) is 13.5 Å². The summed E-state index contributed by atoms with van der Waals surface area (Å²) < 4.78 is 27.5. The molecular formula is C12H12BrNO3S2. The summed E-state index contributed by atoms with van der Waals surface area (Å²) in [6, 6.07) is 8.03. The van der Waals surface area contributed by atoms with Gasteiger partial charge in [-0.15, -0.1) is 11.3 Å².